The van der Waals surface area contributed by atoms with E-state index >= 15 is 0 Å². The summed E-state index contributed by atoms with van der Waals surface area (Å²) in [4.78, 5) is 14.6. The zero-order valence-corrected chi connectivity index (χ0v) is 13.2. The van der Waals surface area contributed by atoms with Crippen molar-refractivity contribution >= 4 is 5.91 Å². The highest BCUT2D eigenvalue weighted by Crippen LogP contribution is 2.16. The molecule has 1 fully saturated rings. The van der Waals surface area contributed by atoms with Gasteiger partial charge in [-0.05, 0) is 5.92 Å². The van der Waals surface area contributed by atoms with Crippen molar-refractivity contribution in [1.29, 1.82) is 0 Å². The third-order valence-corrected chi connectivity index (χ3v) is 3.89. The molecule has 0 radical (unpaired) electrons. The molecule has 0 unspecified atom stereocenters. The first kappa shape index (κ1) is 16.4. The largest absolute Gasteiger partial charge is 0.379 e. The molecule has 0 bridgehead atoms. The Kier molecular flexibility index (Phi) is 6.27. The average molecular weight is 270 g/mol. The molecule has 1 amide bonds. The molecule has 1 aliphatic heterocycles. The molecule has 1 rings (SSSR count). The highest BCUT2D eigenvalue weighted by atomic mass is 16.5. The van der Waals surface area contributed by atoms with Crippen LogP contribution in [0.15, 0.2) is 0 Å². The van der Waals surface area contributed by atoms with Gasteiger partial charge in [-0.15, -0.1) is 0 Å². The Morgan fingerprint density at radius 1 is 1.32 bits per heavy atom. The van der Waals surface area contributed by atoms with E-state index in [4.69, 9.17) is 4.74 Å². The summed E-state index contributed by atoms with van der Waals surface area (Å²) < 4.78 is 5.37. The number of amides is 1. The van der Waals surface area contributed by atoms with Gasteiger partial charge in [0.1, 0.15) is 0 Å². The first-order chi connectivity index (χ1) is 8.84. The topological polar surface area (TPSA) is 41.6 Å². The van der Waals surface area contributed by atoms with E-state index in [1.165, 1.54) is 0 Å². The van der Waals surface area contributed by atoms with Gasteiger partial charge in [0.15, 0.2) is 0 Å². The molecule has 19 heavy (non-hydrogen) atoms. The molecule has 2 atom stereocenters. The molecule has 112 valence electrons. The Labute approximate surface area is 117 Å². The SMILES string of the molecule is CC[C@H](C)[C@@H](CN1CCOCC1)NC(=O)C(C)(C)C. The molecular weight excluding hydrogens is 240 g/mol. The summed E-state index contributed by atoms with van der Waals surface area (Å²) in [6, 6.07) is 0.231. The number of nitrogens with zero attached hydrogens (tertiary/aromatic N) is 1. The van der Waals surface area contributed by atoms with Crippen LogP contribution in [0.3, 0.4) is 0 Å². The number of hydrogen-bond donors (Lipinski definition) is 1. The predicted molar refractivity (Wildman–Crippen MR) is 78.1 cm³/mol. The highest BCUT2D eigenvalue weighted by Gasteiger charge is 2.27. The highest BCUT2D eigenvalue weighted by molar-refractivity contribution is 5.81. The predicted octanol–water partition coefficient (Wildman–Crippen LogP) is 1.90. The maximum Gasteiger partial charge on any atom is 0.225 e. The molecule has 0 aliphatic carbocycles. The summed E-state index contributed by atoms with van der Waals surface area (Å²) in [5.74, 6) is 0.639. The number of hydrogen-bond acceptors (Lipinski definition) is 3. The molecule has 4 heteroatoms. The minimum atomic E-state index is -0.323. The number of morpholine rings is 1. The molecule has 1 N–H and O–H groups in total. The molecular formula is C15H30N2O2. The van der Waals surface area contributed by atoms with Gasteiger partial charge in [0.25, 0.3) is 0 Å². The number of carbonyl (C=O) groups is 1. The summed E-state index contributed by atoms with van der Waals surface area (Å²) in [5.41, 5.74) is -0.323. The number of ether oxygens (including phenoxy) is 1. The van der Waals surface area contributed by atoms with Gasteiger partial charge < -0.3 is 10.1 Å². The van der Waals surface area contributed by atoms with Gasteiger partial charge in [0, 0.05) is 31.1 Å². The van der Waals surface area contributed by atoms with Crippen molar-refractivity contribution in [1.82, 2.24) is 10.2 Å². The second kappa shape index (κ2) is 7.25. The van der Waals surface area contributed by atoms with Crippen LogP contribution in [0.2, 0.25) is 0 Å². The van der Waals surface area contributed by atoms with Crippen LogP contribution >= 0.6 is 0 Å². The van der Waals surface area contributed by atoms with Crippen LogP contribution in [0.5, 0.6) is 0 Å². The lowest BCUT2D eigenvalue weighted by atomic mass is 9.92. The average Bonchev–Trinajstić information content (AvgIpc) is 2.37. The summed E-state index contributed by atoms with van der Waals surface area (Å²) in [6.07, 6.45) is 1.08. The summed E-state index contributed by atoms with van der Waals surface area (Å²) in [5, 5.41) is 3.23. The van der Waals surface area contributed by atoms with Crippen LogP contribution in [0.1, 0.15) is 41.0 Å². The van der Waals surface area contributed by atoms with E-state index in [0.717, 1.165) is 39.3 Å². The normalized spacial score (nSPS) is 20.9. The number of rotatable bonds is 5. The molecule has 0 aromatic rings. The third kappa shape index (κ3) is 5.49. The fourth-order valence-corrected chi connectivity index (χ4v) is 2.10. The quantitative estimate of drug-likeness (QED) is 0.829. The van der Waals surface area contributed by atoms with E-state index in [1.54, 1.807) is 0 Å². The van der Waals surface area contributed by atoms with Crippen LogP contribution < -0.4 is 5.32 Å². The van der Waals surface area contributed by atoms with Crippen LogP contribution in [0, 0.1) is 11.3 Å². The van der Waals surface area contributed by atoms with Crippen molar-refractivity contribution in [2.75, 3.05) is 32.8 Å². The van der Waals surface area contributed by atoms with Crippen molar-refractivity contribution in [3.63, 3.8) is 0 Å². The van der Waals surface area contributed by atoms with Gasteiger partial charge in [0.05, 0.1) is 13.2 Å². The Morgan fingerprint density at radius 3 is 2.37 bits per heavy atom. The van der Waals surface area contributed by atoms with Gasteiger partial charge in [-0.25, -0.2) is 0 Å². The van der Waals surface area contributed by atoms with Crippen LogP contribution in [-0.4, -0.2) is 49.7 Å². The van der Waals surface area contributed by atoms with E-state index in [0.29, 0.717) is 5.92 Å². The minimum Gasteiger partial charge on any atom is -0.379 e. The molecule has 0 aromatic heterocycles. The second-order valence-electron chi connectivity index (χ2n) is 6.63. The second-order valence-corrected chi connectivity index (χ2v) is 6.63. The first-order valence-corrected chi connectivity index (χ1v) is 7.45. The van der Waals surface area contributed by atoms with E-state index in [2.05, 4.69) is 24.1 Å². The van der Waals surface area contributed by atoms with Crippen molar-refractivity contribution in [3.05, 3.63) is 0 Å². The molecule has 1 aliphatic rings. The van der Waals surface area contributed by atoms with E-state index in [-0.39, 0.29) is 17.4 Å². The van der Waals surface area contributed by atoms with Crippen LogP contribution in [0.4, 0.5) is 0 Å². The number of nitrogens with one attached hydrogen (secondary N) is 1. The fraction of sp³-hybridized carbons (Fsp3) is 0.933. The lowest BCUT2D eigenvalue weighted by Crippen LogP contribution is -2.52. The van der Waals surface area contributed by atoms with Crippen LogP contribution in [0.25, 0.3) is 0 Å². The molecule has 0 spiro atoms. The standard InChI is InChI=1S/C15H30N2O2/c1-6-12(2)13(16-14(18)15(3,4)5)11-17-7-9-19-10-8-17/h12-13H,6-11H2,1-5H3,(H,16,18)/t12-,13+/m0/s1. The number of carbonyl (C=O) groups excluding carboxylic acids is 1. The van der Waals surface area contributed by atoms with Gasteiger partial charge >= 0.3 is 0 Å². The maximum absolute atomic E-state index is 12.2. The first-order valence-electron chi connectivity index (χ1n) is 7.45. The third-order valence-electron chi connectivity index (χ3n) is 3.89. The zero-order valence-electron chi connectivity index (χ0n) is 13.2. The van der Waals surface area contributed by atoms with E-state index in [9.17, 15) is 4.79 Å². The summed E-state index contributed by atoms with van der Waals surface area (Å²) in [7, 11) is 0. The van der Waals surface area contributed by atoms with Crippen molar-refractivity contribution in [2.45, 2.75) is 47.1 Å². The maximum atomic E-state index is 12.2. The van der Waals surface area contributed by atoms with Crippen molar-refractivity contribution in [3.8, 4) is 0 Å². The van der Waals surface area contributed by atoms with E-state index < -0.39 is 0 Å². The van der Waals surface area contributed by atoms with Gasteiger partial charge in [-0.3, -0.25) is 9.69 Å². The molecule has 1 heterocycles. The van der Waals surface area contributed by atoms with Crippen molar-refractivity contribution in [2.24, 2.45) is 11.3 Å². The molecule has 1 saturated heterocycles. The summed E-state index contributed by atoms with van der Waals surface area (Å²) >= 11 is 0. The van der Waals surface area contributed by atoms with Gasteiger partial charge in [-0.1, -0.05) is 41.0 Å². The lowest BCUT2D eigenvalue weighted by molar-refractivity contribution is -0.129. The fourth-order valence-electron chi connectivity index (χ4n) is 2.10. The Balaban J connectivity index is 2.58. The zero-order chi connectivity index (χ0) is 14.5. The minimum absolute atomic E-state index is 0.144. The van der Waals surface area contributed by atoms with Crippen LogP contribution in [-0.2, 0) is 9.53 Å². The Bertz CT molecular complexity index is 280. The molecule has 4 nitrogen and oxygen atoms in total. The lowest BCUT2D eigenvalue weighted by Gasteiger charge is -2.34. The Morgan fingerprint density at radius 2 is 1.89 bits per heavy atom. The molecule has 0 aromatic carbocycles. The summed E-state index contributed by atoms with van der Waals surface area (Å²) in [6.45, 7) is 14.8. The van der Waals surface area contributed by atoms with Gasteiger partial charge in [-0.2, -0.15) is 0 Å². The monoisotopic (exact) mass is 270 g/mol. The smallest absolute Gasteiger partial charge is 0.225 e. The van der Waals surface area contributed by atoms with E-state index in [1.807, 2.05) is 20.8 Å². The van der Waals surface area contributed by atoms with Gasteiger partial charge in [0.2, 0.25) is 5.91 Å². The molecule has 0 saturated carbocycles. The van der Waals surface area contributed by atoms with Crippen molar-refractivity contribution < 1.29 is 9.53 Å². The Hall–Kier alpha value is -0.610.